The molecule has 3 amide bonds. The number of nitrogens with zero attached hydrogens (tertiary/aromatic N) is 4. The highest BCUT2D eigenvalue weighted by Crippen LogP contribution is 2.39. The van der Waals surface area contributed by atoms with Crippen molar-refractivity contribution in [2.24, 2.45) is 0 Å². The number of benzene rings is 3. The van der Waals surface area contributed by atoms with E-state index in [1.807, 2.05) is 36.4 Å². The fraction of sp³-hybridized carbons (Fsp3) is 0.344. The Hall–Kier alpha value is -3.63. The summed E-state index contributed by atoms with van der Waals surface area (Å²) >= 11 is 12.4. The van der Waals surface area contributed by atoms with Crippen LogP contribution in [-0.4, -0.2) is 99.6 Å². The molecular formula is C32H34Cl2N4O5. The lowest BCUT2D eigenvalue weighted by molar-refractivity contribution is -0.133. The maximum Gasteiger partial charge on any atom is 0.265 e. The number of carbonyl (C=O) groups excluding carboxylic acids is 3. The summed E-state index contributed by atoms with van der Waals surface area (Å²) < 4.78 is 11.1. The number of likely N-dealkylation sites (N-methyl/N-ethyl adjacent to an activating group) is 1. The molecule has 5 rings (SSSR count). The zero-order chi connectivity index (χ0) is 30.7. The van der Waals surface area contributed by atoms with Crippen molar-refractivity contribution >= 4 is 46.6 Å². The Balaban J connectivity index is 1.44. The van der Waals surface area contributed by atoms with Gasteiger partial charge in [0.2, 0.25) is 5.91 Å². The first-order valence-corrected chi connectivity index (χ1v) is 14.8. The van der Waals surface area contributed by atoms with Crippen LogP contribution >= 0.6 is 23.2 Å². The standard InChI is InChI=1S/C32H34Cl2N4O5/c1-35(2)32(41)24-9-5-7-22(15-24)21-6-4-8-23(14-21)28(18-37-10-12-42-13-11-37)36(3)30(39)19-38-27-16-25(33)26(34)17-29(27)43-20-31(38)40/h4-9,14-17,28H,10-13,18-20H2,1-3H3. The number of amides is 3. The predicted molar refractivity (Wildman–Crippen MR) is 167 cm³/mol. The van der Waals surface area contributed by atoms with Crippen molar-refractivity contribution in [2.45, 2.75) is 6.04 Å². The number of carbonyl (C=O) groups is 3. The molecule has 1 saturated heterocycles. The molecule has 0 saturated carbocycles. The van der Waals surface area contributed by atoms with Gasteiger partial charge in [-0.15, -0.1) is 0 Å². The van der Waals surface area contributed by atoms with Gasteiger partial charge in [-0.1, -0.05) is 53.5 Å². The quantitative estimate of drug-likeness (QED) is 0.364. The molecule has 43 heavy (non-hydrogen) atoms. The zero-order valence-electron chi connectivity index (χ0n) is 24.4. The molecule has 2 aliphatic heterocycles. The number of fused-ring (bicyclic) bond motifs is 1. The Labute approximate surface area is 261 Å². The molecule has 1 atom stereocenters. The molecule has 0 N–H and O–H groups in total. The Morgan fingerprint density at radius 2 is 1.60 bits per heavy atom. The molecular weight excluding hydrogens is 591 g/mol. The third kappa shape index (κ3) is 6.96. The fourth-order valence-electron chi connectivity index (χ4n) is 5.29. The van der Waals surface area contributed by atoms with E-state index >= 15 is 0 Å². The van der Waals surface area contributed by atoms with Crippen LogP contribution in [0.4, 0.5) is 5.69 Å². The van der Waals surface area contributed by atoms with Gasteiger partial charge in [0.1, 0.15) is 12.3 Å². The number of halogens is 2. The molecule has 2 heterocycles. The second-order valence-electron chi connectivity index (χ2n) is 10.8. The lowest BCUT2D eigenvalue weighted by Gasteiger charge is -2.37. The van der Waals surface area contributed by atoms with Crippen LogP contribution in [0.15, 0.2) is 60.7 Å². The van der Waals surface area contributed by atoms with Crippen molar-refractivity contribution in [3.05, 3.63) is 81.8 Å². The van der Waals surface area contributed by atoms with Gasteiger partial charge in [0.25, 0.3) is 11.8 Å². The van der Waals surface area contributed by atoms with E-state index in [-0.39, 0.29) is 41.9 Å². The van der Waals surface area contributed by atoms with Crippen molar-refractivity contribution in [1.29, 1.82) is 0 Å². The average Bonchev–Trinajstić information content (AvgIpc) is 3.02. The molecule has 9 nitrogen and oxygen atoms in total. The van der Waals surface area contributed by atoms with Gasteiger partial charge in [0.05, 0.1) is 35.0 Å². The summed E-state index contributed by atoms with van der Waals surface area (Å²) in [7, 11) is 5.22. The van der Waals surface area contributed by atoms with Gasteiger partial charge in [-0.3, -0.25) is 24.2 Å². The van der Waals surface area contributed by atoms with Gasteiger partial charge in [-0.25, -0.2) is 0 Å². The van der Waals surface area contributed by atoms with Crippen molar-refractivity contribution in [1.82, 2.24) is 14.7 Å². The van der Waals surface area contributed by atoms with Crippen LogP contribution in [0, 0.1) is 0 Å². The summed E-state index contributed by atoms with van der Waals surface area (Å²) in [6, 6.07) is 18.3. The van der Waals surface area contributed by atoms with Crippen molar-refractivity contribution in [2.75, 3.05) is 72.0 Å². The van der Waals surface area contributed by atoms with E-state index < -0.39 is 0 Å². The van der Waals surface area contributed by atoms with E-state index in [1.165, 1.54) is 4.90 Å². The van der Waals surface area contributed by atoms with E-state index in [0.717, 1.165) is 29.8 Å². The van der Waals surface area contributed by atoms with Crippen LogP contribution < -0.4 is 9.64 Å². The number of morpholine rings is 1. The first kappa shape index (κ1) is 30.8. The van der Waals surface area contributed by atoms with Crippen molar-refractivity contribution in [3.8, 4) is 16.9 Å². The van der Waals surface area contributed by atoms with E-state index in [4.69, 9.17) is 32.7 Å². The molecule has 0 spiro atoms. The normalized spacial score (nSPS) is 15.8. The highest BCUT2D eigenvalue weighted by atomic mass is 35.5. The molecule has 3 aromatic rings. The summed E-state index contributed by atoms with van der Waals surface area (Å²) in [5.41, 5.74) is 3.78. The number of ether oxygens (including phenoxy) is 2. The first-order chi connectivity index (χ1) is 20.6. The van der Waals surface area contributed by atoms with Crippen LogP contribution in [-0.2, 0) is 14.3 Å². The topological polar surface area (TPSA) is 82.6 Å². The Morgan fingerprint density at radius 1 is 0.930 bits per heavy atom. The van der Waals surface area contributed by atoms with Gasteiger partial charge in [0.15, 0.2) is 6.61 Å². The van der Waals surface area contributed by atoms with Crippen LogP contribution in [0.1, 0.15) is 22.0 Å². The van der Waals surface area contributed by atoms with Gasteiger partial charge in [0, 0.05) is 52.4 Å². The Morgan fingerprint density at radius 3 is 2.33 bits per heavy atom. The fourth-order valence-corrected chi connectivity index (χ4v) is 5.60. The van der Waals surface area contributed by atoms with Crippen LogP contribution in [0.25, 0.3) is 11.1 Å². The SMILES string of the molecule is CN(C)C(=O)c1cccc(-c2cccc(C(CN3CCOCC3)N(C)C(=O)CN3C(=O)COc4cc(Cl)c(Cl)cc43)c2)c1. The molecule has 2 aliphatic rings. The number of rotatable bonds is 8. The van der Waals surface area contributed by atoms with Crippen LogP contribution in [0.2, 0.25) is 10.0 Å². The molecule has 226 valence electrons. The van der Waals surface area contributed by atoms with E-state index in [1.54, 1.807) is 49.1 Å². The van der Waals surface area contributed by atoms with Gasteiger partial charge in [-0.2, -0.15) is 0 Å². The third-order valence-electron chi connectivity index (χ3n) is 7.75. The monoisotopic (exact) mass is 624 g/mol. The first-order valence-electron chi connectivity index (χ1n) is 14.0. The summed E-state index contributed by atoms with van der Waals surface area (Å²) in [6.07, 6.45) is 0. The zero-order valence-corrected chi connectivity index (χ0v) is 25.9. The minimum atomic E-state index is -0.341. The Bertz CT molecular complexity index is 1530. The number of hydrogen-bond acceptors (Lipinski definition) is 6. The highest BCUT2D eigenvalue weighted by Gasteiger charge is 2.32. The molecule has 11 heteroatoms. The van der Waals surface area contributed by atoms with Crippen molar-refractivity contribution in [3.63, 3.8) is 0 Å². The Kier molecular flexibility index (Phi) is 9.56. The summed E-state index contributed by atoms with van der Waals surface area (Å²) in [6.45, 7) is 2.96. The molecule has 0 aromatic heterocycles. The summed E-state index contributed by atoms with van der Waals surface area (Å²) in [5, 5.41) is 0.572. The molecule has 3 aromatic carbocycles. The number of hydrogen-bond donors (Lipinski definition) is 0. The van der Waals surface area contributed by atoms with Crippen molar-refractivity contribution < 1.29 is 23.9 Å². The number of anilines is 1. The second-order valence-corrected chi connectivity index (χ2v) is 11.7. The molecule has 0 bridgehead atoms. The highest BCUT2D eigenvalue weighted by molar-refractivity contribution is 6.42. The summed E-state index contributed by atoms with van der Waals surface area (Å²) in [4.78, 5) is 46.3. The second kappa shape index (κ2) is 13.3. The molecule has 0 radical (unpaired) electrons. The average molecular weight is 626 g/mol. The summed E-state index contributed by atoms with van der Waals surface area (Å²) in [5.74, 6) is -0.255. The molecule has 1 unspecified atom stereocenters. The van der Waals surface area contributed by atoms with Gasteiger partial charge in [-0.05, 0) is 41.0 Å². The van der Waals surface area contributed by atoms with E-state index in [9.17, 15) is 14.4 Å². The maximum atomic E-state index is 13.9. The van der Waals surface area contributed by atoms with Crippen LogP contribution in [0.5, 0.6) is 5.75 Å². The third-order valence-corrected chi connectivity index (χ3v) is 8.48. The molecule has 0 aliphatic carbocycles. The largest absolute Gasteiger partial charge is 0.482 e. The smallest absolute Gasteiger partial charge is 0.265 e. The predicted octanol–water partition coefficient (Wildman–Crippen LogP) is 4.62. The maximum absolute atomic E-state index is 13.9. The minimum absolute atomic E-state index is 0.0729. The van der Waals surface area contributed by atoms with Crippen LogP contribution in [0.3, 0.4) is 0 Å². The van der Waals surface area contributed by atoms with E-state index in [0.29, 0.717) is 41.8 Å². The minimum Gasteiger partial charge on any atom is -0.482 e. The molecule has 1 fully saturated rings. The lowest BCUT2D eigenvalue weighted by Crippen LogP contribution is -2.48. The van der Waals surface area contributed by atoms with Gasteiger partial charge >= 0.3 is 0 Å². The lowest BCUT2D eigenvalue weighted by atomic mass is 9.97. The van der Waals surface area contributed by atoms with E-state index in [2.05, 4.69) is 11.0 Å². The van der Waals surface area contributed by atoms with Gasteiger partial charge < -0.3 is 19.3 Å².